The fraction of sp³-hybridized carbons (Fsp3) is 0.417. The molecule has 2 aliphatic rings. The zero-order valence-corrected chi connectivity index (χ0v) is 19.3. The first-order valence-electron chi connectivity index (χ1n) is 11.0. The van der Waals surface area contributed by atoms with Gasteiger partial charge in [0.1, 0.15) is 11.4 Å². The molecule has 34 heavy (non-hydrogen) atoms. The number of benzene rings is 1. The molecule has 0 radical (unpaired) electrons. The van der Waals surface area contributed by atoms with Crippen LogP contribution in [0.4, 0.5) is 5.82 Å². The molecular formula is C24H26N6O4. The number of hydrogen-bond donors (Lipinski definition) is 4. The Bertz CT molecular complexity index is 1360. The molecule has 2 heterocycles. The van der Waals surface area contributed by atoms with Gasteiger partial charge in [0.15, 0.2) is 17.0 Å². The van der Waals surface area contributed by atoms with Crippen molar-refractivity contribution in [3.63, 3.8) is 0 Å². The summed E-state index contributed by atoms with van der Waals surface area (Å²) in [5.74, 6) is 6.94. The first-order chi connectivity index (χ1) is 16.3. The van der Waals surface area contributed by atoms with E-state index in [2.05, 4.69) is 37.4 Å². The Kier molecular flexibility index (Phi) is 5.00. The molecule has 5 atom stereocenters. The summed E-state index contributed by atoms with van der Waals surface area (Å²) >= 11 is 0. The summed E-state index contributed by atoms with van der Waals surface area (Å²) in [5.41, 5.74) is -0.709. The highest BCUT2D eigenvalue weighted by atomic mass is 16.5. The summed E-state index contributed by atoms with van der Waals surface area (Å²) in [5, 5.41) is 27.9. The number of methoxy groups -OCH3 is 1. The molecule has 2 fully saturated rings. The van der Waals surface area contributed by atoms with Gasteiger partial charge in [-0.3, -0.25) is 4.79 Å². The lowest BCUT2D eigenvalue weighted by molar-refractivity contribution is -0.140. The molecule has 1 aromatic carbocycles. The highest BCUT2D eigenvalue weighted by Gasteiger charge is 2.79. The highest BCUT2D eigenvalue weighted by molar-refractivity contribution is 5.85. The van der Waals surface area contributed by atoms with Crippen molar-refractivity contribution in [2.45, 2.75) is 31.1 Å². The van der Waals surface area contributed by atoms with Crippen molar-refractivity contribution < 1.29 is 19.7 Å². The number of nitrogens with zero attached hydrogens (tertiary/aromatic N) is 4. The third-order valence-corrected chi connectivity index (χ3v) is 7.12. The number of imidazole rings is 1. The predicted molar refractivity (Wildman–Crippen MR) is 124 cm³/mol. The van der Waals surface area contributed by atoms with Crippen LogP contribution in [0.2, 0.25) is 0 Å². The number of aliphatic hydroxyl groups is 2. The van der Waals surface area contributed by atoms with Crippen LogP contribution in [-0.2, 0) is 4.79 Å². The second-order valence-corrected chi connectivity index (χ2v) is 8.99. The maximum absolute atomic E-state index is 12.4. The van der Waals surface area contributed by atoms with Gasteiger partial charge < -0.3 is 30.2 Å². The smallest absolute Gasteiger partial charge is 0.228 e. The number of aliphatic hydroxyl groups excluding tert-OH is 1. The van der Waals surface area contributed by atoms with E-state index in [4.69, 9.17) is 4.74 Å². The summed E-state index contributed by atoms with van der Waals surface area (Å²) < 4.78 is 7.00. The molecule has 176 valence electrons. The van der Waals surface area contributed by atoms with Gasteiger partial charge in [-0.25, -0.2) is 15.0 Å². The molecular weight excluding hydrogens is 436 g/mol. The van der Waals surface area contributed by atoms with Crippen LogP contribution >= 0.6 is 0 Å². The number of hydrogen-bond acceptors (Lipinski definition) is 8. The summed E-state index contributed by atoms with van der Waals surface area (Å²) in [4.78, 5) is 25.9. The molecule has 4 N–H and O–H groups in total. The Morgan fingerprint density at radius 2 is 2.09 bits per heavy atom. The fourth-order valence-corrected chi connectivity index (χ4v) is 5.26. The van der Waals surface area contributed by atoms with Gasteiger partial charge in [0.2, 0.25) is 11.7 Å². The molecule has 5 rings (SSSR count). The van der Waals surface area contributed by atoms with Crippen LogP contribution in [0.15, 0.2) is 30.6 Å². The van der Waals surface area contributed by atoms with E-state index in [-0.39, 0.29) is 17.6 Å². The third-order valence-electron chi connectivity index (χ3n) is 7.12. The molecule has 2 aromatic heterocycles. The number of carbonyl (C=O) groups is 1. The van der Waals surface area contributed by atoms with Crippen molar-refractivity contribution in [3.8, 4) is 17.6 Å². The monoisotopic (exact) mass is 462 g/mol. The van der Waals surface area contributed by atoms with Gasteiger partial charge in [0, 0.05) is 25.6 Å². The van der Waals surface area contributed by atoms with Crippen LogP contribution < -0.4 is 15.4 Å². The summed E-state index contributed by atoms with van der Waals surface area (Å²) in [6.45, 7) is 1.68. The Balaban J connectivity index is 1.52. The van der Waals surface area contributed by atoms with Gasteiger partial charge >= 0.3 is 0 Å². The molecule has 0 saturated heterocycles. The average Bonchev–Trinajstić information content (AvgIpc) is 3.12. The zero-order valence-electron chi connectivity index (χ0n) is 19.3. The van der Waals surface area contributed by atoms with Crippen molar-refractivity contribution in [2.75, 3.05) is 26.5 Å². The Labute approximate surface area is 196 Å². The van der Waals surface area contributed by atoms with E-state index >= 15 is 0 Å². The molecule has 1 amide bonds. The van der Waals surface area contributed by atoms with Crippen molar-refractivity contribution in [1.82, 2.24) is 24.8 Å². The standard InChI is InChI=1S/C24H26N6O4/c1-23(22(32)26-3)11-15-18(24(15,33)21(23)31)30-12-27-17-19(25-2)28-16(29-20(17)30)9-8-13-6-5-7-14(10-13)34-4/h5-7,10,12,15,18,21,31,33H,11H2,1-4H3,(H,26,32)(H,25,28,29)/t15-,18+,21+,23?,24+/m0/s1. The van der Waals surface area contributed by atoms with Crippen molar-refractivity contribution in [1.29, 1.82) is 0 Å². The van der Waals surface area contributed by atoms with Crippen LogP contribution in [0.3, 0.4) is 0 Å². The topological polar surface area (TPSA) is 134 Å². The van der Waals surface area contributed by atoms with Crippen LogP contribution in [0.1, 0.15) is 30.8 Å². The lowest BCUT2D eigenvalue weighted by Crippen LogP contribution is -2.49. The molecule has 10 nitrogen and oxygen atoms in total. The zero-order chi connectivity index (χ0) is 24.3. The van der Waals surface area contributed by atoms with Gasteiger partial charge in [0.25, 0.3) is 0 Å². The molecule has 2 aliphatic carbocycles. The van der Waals surface area contributed by atoms with Crippen molar-refractivity contribution in [3.05, 3.63) is 42.0 Å². The van der Waals surface area contributed by atoms with Gasteiger partial charge in [-0.15, -0.1) is 0 Å². The van der Waals surface area contributed by atoms with E-state index in [9.17, 15) is 15.0 Å². The lowest BCUT2D eigenvalue weighted by atomic mass is 9.80. The molecule has 10 heteroatoms. The van der Waals surface area contributed by atoms with E-state index < -0.39 is 23.2 Å². The predicted octanol–water partition coefficient (Wildman–Crippen LogP) is 0.695. The van der Waals surface area contributed by atoms with Crippen LogP contribution in [0, 0.1) is 23.2 Å². The minimum absolute atomic E-state index is 0.287. The largest absolute Gasteiger partial charge is 0.497 e. The number of fused-ring (bicyclic) bond motifs is 2. The molecule has 0 bridgehead atoms. The number of nitrogens with one attached hydrogen (secondary N) is 2. The van der Waals surface area contributed by atoms with Gasteiger partial charge in [-0.05, 0) is 37.5 Å². The quantitative estimate of drug-likeness (QED) is 0.416. The number of carbonyl (C=O) groups excluding carboxylic acids is 1. The van der Waals surface area contributed by atoms with E-state index in [0.717, 1.165) is 5.56 Å². The van der Waals surface area contributed by atoms with E-state index in [1.54, 1.807) is 32.0 Å². The number of rotatable bonds is 4. The Morgan fingerprint density at radius 1 is 1.29 bits per heavy atom. The minimum Gasteiger partial charge on any atom is -0.497 e. The van der Waals surface area contributed by atoms with Crippen LogP contribution in [0.5, 0.6) is 5.75 Å². The fourth-order valence-electron chi connectivity index (χ4n) is 5.26. The van der Waals surface area contributed by atoms with Gasteiger partial charge in [0.05, 0.1) is 31.0 Å². The number of anilines is 1. The van der Waals surface area contributed by atoms with Gasteiger partial charge in [-0.2, -0.15) is 0 Å². The summed E-state index contributed by atoms with van der Waals surface area (Å²) in [6.07, 6.45) is 0.719. The first kappa shape index (κ1) is 22.1. The van der Waals surface area contributed by atoms with E-state index in [1.807, 2.05) is 24.3 Å². The maximum Gasteiger partial charge on any atom is 0.228 e. The lowest BCUT2D eigenvalue weighted by Gasteiger charge is -2.32. The second kappa shape index (κ2) is 7.68. The summed E-state index contributed by atoms with van der Waals surface area (Å²) in [6, 6.07) is 6.92. The SMILES string of the molecule is CNC(=O)C1(C)C[C@H]2[C@@H](n3cnc4c(NC)nc(C#Cc5cccc(OC)c5)nc43)[C@@]2(O)[C@@H]1O. The minimum atomic E-state index is -1.44. The second-order valence-electron chi connectivity index (χ2n) is 8.99. The normalized spacial score (nSPS) is 29.2. The molecule has 2 saturated carbocycles. The van der Waals surface area contributed by atoms with Crippen LogP contribution in [0.25, 0.3) is 11.2 Å². The first-order valence-corrected chi connectivity index (χ1v) is 11.0. The molecule has 0 spiro atoms. The van der Waals surface area contributed by atoms with E-state index in [0.29, 0.717) is 29.2 Å². The van der Waals surface area contributed by atoms with Gasteiger partial charge in [-0.1, -0.05) is 12.0 Å². The number of amides is 1. The van der Waals surface area contributed by atoms with Crippen molar-refractivity contribution in [2.24, 2.45) is 11.3 Å². The maximum atomic E-state index is 12.4. The third kappa shape index (κ3) is 3.04. The average molecular weight is 463 g/mol. The van der Waals surface area contributed by atoms with Crippen LogP contribution in [-0.4, -0.2) is 68.5 Å². The highest BCUT2D eigenvalue weighted by Crippen LogP contribution is 2.69. The molecule has 3 aromatic rings. The molecule has 0 aliphatic heterocycles. The van der Waals surface area contributed by atoms with E-state index in [1.165, 1.54) is 7.05 Å². The number of aromatic nitrogens is 4. The van der Waals surface area contributed by atoms with Crippen molar-refractivity contribution >= 4 is 22.9 Å². The number of ether oxygens (including phenoxy) is 1. The Morgan fingerprint density at radius 3 is 2.74 bits per heavy atom. The Hall–Kier alpha value is -3.68. The summed E-state index contributed by atoms with van der Waals surface area (Å²) in [7, 11) is 4.86. The molecule has 1 unspecified atom stereocenters.